The topological polar surface area (TPSA) is 39.4 Å². The van der Waals surface area contributed by atoms with Gasteiger partial charge in [0.05, 0.1) is 25.5 Å². The first-order valence-electron chi connectivity index (χ1n) is 4.41. The Labute approximate surface area is 87.8 Å². The van der Waals surface area contributed by atoms with Crippen molar-refractivity contribution in [3.63, 3.8) is 0 Å². The van der Waals surface area contributed by atoms with Gasteiger partial charge in [-0.05, 0) is 18.6 Å². The summed E-state index contributed by atoms with van der Waals surface area (Å²) < 4.78 is 9.80. The van der Waals surface area contributed by atoms with E-state index in [0.29, 0.717) is 6.42 Å². The van der Waals surface area contributed by atoms with Crippen molar-refractivity contribution < 1.29 is 13.9 Å². The number of hydrogen-bond acceptors (Lipinski definition) is 4. The van der Waals surface area contributed by atoms with E-state index in [1.54, 1.807) is 18.0 Å². The predicted molar refractivity (Wildman–Crippen MR) is 56.2 cm³/mol. The number of thioether (sulfide) groups is 1. The van der Waals surface area contributed by atoms with Gasteiger partial charge in [0.25, 0.3) is 0 Å². The minimum Gasteiger partial charge on any atom is -0.469 e. The van der Waals surface area contributed by atoms with Gasteiger partial charge in [-0.25, -0.2) is 0 Å². The number of carbonyl (C=O) groups is 1. The third kappa shape index (κ3) is 3.46. The summed E-state index contributed by atoms with van der Waals surface area (Å²) in [5, 5.41) is 0. The number of methoxy groups -OCH3 is 1. The first-order chi connectivity index (χ1) is 6.74. The monoisotopic (exact) mass is 214 g/mol. The molecule has 0 unspecified atom stereocenters. The summed E-state index contributed by atoms with van der Waals surface area (Å²) in [6.45, 7) is 2.01. The van der Waals surface area contributed by atoms with Crippen LogP contribution in [0.15, 0.2) is 16.7 Å². The van der Waals surface area contributed by atoms with Crippen LogP contribution in [0, 0.1) is 6.92 Å². The lowest BCUT2D eigenvalue weighted by atomic mass is 10.3. The molecule has 0 aliphatic heterocycles. The van der Waals surface area contributed by atoms with Gasteiger partial charge in [-0.1, -0.05) is 0 Å². The van der Waals surface area contributed by atoms with E-state index in [4.69, 9.17) is 4.42 Å². The van der Waals surface area contributed by atoms with E-state index in [9.17, 15) is 4.79 Å². The van der Waals surface area contributed by atoms with E-state index in [0.717, 1.165) is 22.8 Å². The summed E-state index contributed by atoms with van der Waals surface area (Å²) in [5.74, 6) is 2.41. The second kappa shape index (κ2) is 5.75. The minimum absolute atomic E-state index is 0.159. The molecular formula is C10H14O3S. The molecular weight excluding hydrogens is 200 g/mol. The van der Waals surface area contributed by atoms with E-state index in [1.165, 1.54) is 7.11 Å². The highest BCUT2D eigenvalue weighted by Crippen LogP contribution is 2.17. The van der Waals surface area contributed by atoms with Crippen molar-refractivity contribution in [1.29, 1.82) is 0 Å². The number of hydrogen-bond donors (Lipinski definition) is 0. The molecule has 0 atom stereocenters. The fraction of sp³-hybridized carbons (Fsp3) is 0.500. The summed E-state index contributed by atoms with van der Waals surface area (Å²) in [4.78, 5) is 10.8. The van der Waals surface area contributed by atoms with E-state index >= 15 is 0 Å². The van der Waals surface area contributed by atoms with Crippen molar-refractivity contribution in [2.24, 2.45) is 0 Å². The van der Waals surface area contributed by atoms with Crippen LogP contribution in [-0.2, 0) is 15.3 Å². The predicted octanol–water partition coefficient (Wildman–Crippen LogP) is 2.38. The average Bonchev–Trinajstić information content (AvgIpc) is 2.58. The molecule has 78 valence electrons. The maximum Gasteiger partial charge on any atom is 0.306 e. The zero-order chi connectivity index (χ0) is 10.4. The summed E-state index contributed by atoms with van der Waals surface area (Å²) in [6, 6.07) is 1.94. The lowest BCUT2D eigenvalue weighted by Crippen LogP contribution is -2.01. The van der Waals surface area contributed by atoms with Gasteiger partial charge in [-0.3, -0.25) is 4.79 Å². The fourth-order valence-corrected chi connectivity index (χ4v) is 1.91. The molecule has 0 fully saturated rings. The highest BCUT2D eigenvalue weighted by Gasteiger charge is 2.03. The van der Waals surface area contributed by atoms with E-state index < -0.39 is 0 Å². The Morgan fingerprint density at radius 2 is 2.43 bits per heavy atom. The minimum atomic E-state index is -0.159. The Balaban J connectivity index is 2.16. The smallest absolute Gasteiger partial charge is 0.306 e. The molecule has 0 saturated carbocycles. The van der Waals surface area contributed by atoms with E-state index in [2.05, 4.69) is 4.74 Å². The van der Waals surface area contributed by atoms with Gasteiger partial charge in [0.2, 0.25) is 0 Å². The van der Waals surface area contributed by atoms with Gasteiger partial charge in [0.1, 0.15) is 5.76 Å². The molecule has 0 aromatic carbocycles. The SMILES string of the molecule is COC(=O)CCSCc1occc1C. The molecule has 0 aliphatic rings. The molecule has 0 aliphatic carbocycles. The van der Waals surface area contributed by atoms with Crippen LogP contribution in [0.3, 0.4) is 0 Å². The molecule has 0 radical (unpaired) electrons. The van der Waals surface area contributed by atoms with Crippen molar-refractivity contribution in [2.75, 3.05) is 12.9 Å². The van der Waals surface area contributed by atoms with Crippen LogP contribution >= 0.6 is 11.8 Å². The molecule has 1 rings (SSSR count). The van der Waals surface area contributed by atoms with Gasteiger partial charge >= 0.3 is 5.97 Å². The van der Waals surface area contributed by atoms with Gasteiger partial charge in [0, 0.05) is 5.75 Å². The summed E-state index contributed by atoms with van der Waals surface area (Å²) >= 11 is 1.67. The van der Waals surface area contributed by atoms with Crippen molar-refractivity contribution in [3.8, 4) is 0 Å². The zero-order valence-electron chi connectivity index (χ0n) is 8.41. The number of rotatable bonds is 5. The van der Waals surface area contributed by atoms with Crippen molar-refractivity contribution >= 4 is 17.7 Å². The Morgan fingerprint density at radius 1 is 1.64 bits per heavy atom. The quantitative estimate of drug-likeness (QED) is 0.557. The number of esters is 1. The Morgan fingerprint density at radius 3 is 3.00 bits per heavy atom. The summed E-state index contributed by atoms with van der Waals surface area (Å²) in [6.07, 6.45) is 2.15. The third-order valence-corrected chi connectivity index (χ3v) is 2.84. The van der Waals surface area contributed by atoms with Crippen molar-refractivity contribution in [3.05, 3.63) is 23.7 Å². The molecule has 3 nitrogen and oxygen atoms in total. The van der Waals surface area contributed by atoms with Crippen LogP contribution in [-0.4, -0.2) is 18.8 Å². The molecule has 0 amide bonds. The second-order valence-corrected chi connectivity index (χ2v) is 4.01. The molecule has 0 saturated heterocycles. The van der Waals surface area contributed by atoms with E-state index in [-0.39, 0.29) is 5.97 Å². The van der Waals surface area contributed by atoms with Gasteiger partial charge in [-0.15, -0.1) is 0 Å². The standard InChI is InChI=1S/C10H14O3S/c1-8-3-5-13-9(8)7-14-6-4-10(11)12-2/h3,5H,4,6-7H2,1-2H3. The second-order valence-electron chi connectivity index (χ2n) is 2.91. The normalized spacial score (nSPS) is 10.1. The fourth-order valence-electron chi connectivity index (χ4n) is 0.974. The first kappa shape index (κ1) is 11.2. The molecule has 0 bridgehead atoms. The highest BCUT2D eigenvalue weighted by atomic mass is 32.2. The van der Waals surface area contributed by atoms with Crippen LogP contribution in [0.5, 0.6) is 0 Å². The molecule has 4 heteroatoms. The number of ether oxygens (including phenoxy) is 1. The lowest BCUT2D eigenvalue weighted by molar-refractivity contribution is -0.140. The van der Waals surface area contributed by atoms with Crippen LogP contribution in [0.2, 0.25) is 0 Å². The zero-order valence-corrected chi connectivity index (χ0v) is 9.23. The third-order valence-electron chi connectivity index (χ3n) is 1.88. The van der Waals surface area contributed by atoms with Crippen LogP contribution in [0.4, 0.5) is 0 Å². The molecule has 0 N–H and O–H groups in total. The molecule has 1 aromatic rings. The molecule has 14 heavy (non-hydrogen) atoms. The number of carbonyl (C=O) groups excluding carboxylic acids is 1. The van der Waals surface area contributed by atoms with Crippen LogP contribution < -0.4 is 0 Å². The summed E-state index contributed by atoms with van der Waals surface area (Å²) in [5.41, 5.74) is 1.16. The number of furan rings is 1. The van der Waals surface area contributed by atoms with Crippen molar-refractivity contribution in [1.82, 2.24) is 0 Å². The number of aryl methyl sites for hydroxylation is 1. The first-order valence-corrected chi connectivity index (χ1v) is 5.57. The van der Waals surface area contributed by atoms with Gasteiger partial charge in [-0.2, -0.15) is 11.8 Å². The van der Waals surface area contributed by atoms with Crippen LogP contribution in [0.1, 0.15) is 17.7 Å². The molecule has 0 spiro atoms. The Hall–Kier alpha value is -0.900. The van der Waals surface area contributed by atoms with Gasteiger partial charge < -0.3 is 9.15 Å². The largest absolute Gasteiger partial charge is 0.469 e. The maximum atomic E-state index is 10.8. The Bertz CT molecular complexity index is 293. The van der Waals surface area contributed by atoms with Gasteiger partial charge in [0.15, 0.2) is 0 Å². The molecule has 1 heterocycles. The summed E-state index contributed by atoms with van der Waals surface area (Å²) in [7, 11) is 1.41. The Kier molecular flexibility index (Phi) is 4.59. The maximum absolute atomic E-state index is 10.8. The van der Waals surface area contributed by atoms with Crippen LogP contribution in [0.25, 0.3) is 0 Å². The van der Waals surface area contributed by atoms with Crippen molar-refractivity contribution in [2.45, 2.75) is 19.1 Å². The highest BCUT2D eigenvalue weighted by molar-refractivity contribution is 7.98. The molecule has 1 aromatic heterocycles. The lowest BCUT2D eigenvalue weighted by Gasteiger charge is -1.99. The average molecular weight is 214 g/mol. The van der Waals surface area contributed by atoms with E-state index in [1.807, 2.05) is 13.0 Å².